The average molecular weight is 452 g/mol. The van der Waals surface area contributed by atoms with Crippen molar-refractivity contribution in [3.63, 3.8) is 0 Å². The van der Waals surface area contributed by atoms with E-state index in [4.69, 9.17) is 14.2 Å². The maximum absolute atomic E-state index is 13.3. The van der Waals surface area contributed by atoms with Gasteiger partial charge in [0.15, 0.2) is 0 Å². The van der Waals surface area contributed by atoms with Crippen LogP contribution in [0.4, 0.5) is 18.0 Å². The highest BCUT2D eigenvalue weighted by Crippen LogP contribution is 2.45. The minimum atomic E-state index is -4.62. The fourth-order valence-electron chi connectivity index (χ4n) is 4.39. The normalized spacial score (nSPS) is 25.3. The lowest BCUT2D eigenvalue weighted by molar-refractivity contribution is -0.141. The molecule has 1 aromatic carbocycles. The molecule has 7 nitrogen and oxygen atoms in total. The summed E-state index contributed by atoms with van der Waals surface area (Å²) in [7, 11) is 1.28. The van der Waals surface area contributed by atoms with Crippen LogP contribution in [-0.4, -0.2) is 53.5 Å². The number of nitrogens with zero attached hydrogens (tertiary/aromatic N) is 2. The van der Waals surface area contributed by atoms with E-state index < -0.39 is 35.5 Å². The molecule has 2 unspecified atom stereocenters. The first-order valence-corrected chi connectivity index (χ1v) is 10.1. The van der Waals surface area contributed by atoms with Crippen molar-refractivity contribution in [2.24, 2.45) is 0 Å². The number of aliphatic hydroxyl groups is 1. The van der Waals surface area contributed by atoms with Crippen molar-refractivity contribution in [3.05, 3.63) is 59.3 Å². The molecule has 2 atom stereocenters. The van der Waals surface area contributed by atoms with Gasteiger partial charge in [-0.05, 0) is 11.6 Å². The number of methoxy groups -OCH3 is 1. The minimum Gasteiger partial charge on any atom is -0.481 e. The number of carbonyl (C=O) groups is 1. The second-order valence-corrected chi connectivity index (χ2v) is 8.01. The number of alkyl halides is 3. The molecule has 2 bridgehead atoms. The van der Waals surface area contributed by atoms with Crippen LogP contribution >= 0.6 is 0 Å². The SMILES string of the molecule is COc1ncc(C(F)(F)F)cc1C1(O)CC2COCC(C1)N2C(=O)OCc1ccccc1. The number of halogens is 3. The van der Waals surface area contributed by atoms with Gasteiger partial charge in [0.05, 0.1) is 43.6 Å². The maximum atomic E-state index is 13.3. The highest BCUT2D eigenvalue weighted by molar-refractivity contribution is 5.69. The topological polar surface area (TPSA) is 81.1 Å². The van der Waals surface area contributed by atoms with Gasteiger partial charge in [-0.25, -0.2) is 9.78 Å². The van der Waals surface area contributed by atoms with Crippen LogP contribution in [0, 0.1) is 0 Å². The first-order valence-electron chi connectivity index (χ1n) is 10.1. The van der Waals surface area contributed by atoms with Crippen LogP contribution < -0.4 is 4.74 Å². The summed E-state index contributed by atoms with van der Waals surface area (Å²) in [6.07, 6.45) is -4.58. The van der Waals surface area contributed by atoms with Gasteiger partial charge in [0.1, 0.15) is 6.61 Å². The molecule has 3 heterocycles. The number of aromatic nitrogens is 1. The van der Waals surface area contributed by atoms with E-state index in [1.165, 1.54) is 12.0 Å². The predicted octanol–water partition coefficient (Wildman–Crippen LogP) is 3.50. The molecule has 0 aliphatic carbocycles. The number of amides is 1. The predicted molar refractivity (Wildman–Crippen MR) is 106 cm³/mol. The number of hydrogen-bond donors (Lipinski definition) is 1. The minimum absolute atomic E-state index is 0.0384. The summed E-state index contributed by atoms with van der Waals surface area (Å²) in [5.74, 6) is -0.0837. The van der Waals surface area contributed by atoms with E-state index >= 15 is 0 Å². The third-order valence-electron chi connectivity index (χ3n) is 5.84. The lowest BCUT2D eigenvalue weighted by Gasteiger charge is -2.51. The second-order valence-electron chi connectivity index (χ2n) is 8.01. The van der Waals surface area contributed by atoms with Crippen LogP contribution in [0.5, 0.6) is 5.88 Å². The number of ether oxygens (including phenoxy) is 3. The van der Waals surface area contributed by atoms with Crippen molar-refractivity contribution < 1.29 is 37.3 Å². The number of fused-ring (bicyclic) bond motifs is 2. The Balaban J connectivity index is 1.57. The van der Waals surface area contributed by atoms with Crippen LogP contribution in [0.15, 0.2) is 42.6 Å². The summed E-state index contributed by atoms with van der Waals surface area (Å²) >= 11 is 0. The van der Waals surface area contributed by atoms with Crippen LogP contribution in [-0.2, 0) is 27.9 Å². The number of pyridine rings is 1. The van der Waals surface area contributed by atoms with Gasteiger partial charge in [0.2, 0.25) is 5.88 Å². The zero-order chi connectivity index (χ0) is 22.9. The number of carbonyl (C=O) groups excluding carboxylic acids is 1. The zero-order valence-electron chi connectivity index (χ0n) is 17.3. The Morgan fingerprint density at radius 3 is 2.50 bits per heavy atom. The molecular formula is C22H23F3N2O5. The number of piperidine rings is 1. The van der Waals surface area contributed by atoms with E-state index in [0.29, 0.717) is 6.20 Å². The second kappa shape index (κ2) is 8.59. The molecule has 2 saturated heterocycles. The summed E-state index contributed by atoms with van der Waals surface area (Å²) in [4.78, 5) is 18.1. The van der Waals surface area contributed by atoms with Crippen LogP contribution in [0.25, 0.3) is 0 Å². The Kier molecular flexibility index (Phi) is 6.00. The van der Waals surface area contributed by atoms with Gasteiger partial charge in [-0.2, -0.15) is 13.2 Å². The van der Waals surface area contributed by atoms with E-state index in [1.54, 1.807) is 0 Å². The first kappa shape index (κ1) is 22.3. The van der Waals surface area contributed by atoms with E-state index in [1.807, 2.05) is 30.3 Å². The van der Waals surface area contributed by atoms with Gasteiger partial charge >= 0.3 is 12.3 Å². The van der Waals surface area contributed by atoms with Gasteiger partial charge in [0.25, 0.3) is 0 Å². The molecule has 2 aliphatic heterocycles. The van der Waals surface area contributed by atoms with Gasteiger partial charge < -0.3 is 19.3 Å². The van der Waals surface area contributed by atoms with Crippen molar-refractivity contribution in [1.29, 1.82) is 0 Å². The lowest BCUT2D eigenvalue weighted by Crippen LogP contribution is -2.62. The molecule has 1 N–H and O–H groups in total. The fraction of sp³-hybridized carbons (Fsp3) is 0.455. The molecule has 2 fully saturated rings. The Morgan fingerprint density at radius 2 is 1.91 bits per heavy atom. The van der Waals surface area contributed by atoms with Crippen LogP contribution in [0.3, 0.4) is 0 Å². The molecule has 4 rings (SSSR count). The summed E-state index contributed by atoms with van der Waals surface area (Å²) in [5.41, 5.74) is -1.87. The van der Waals surface area contributed by atoms with Gasteiger partial charge in [-0.1, -0.05) is 30.3 Å². The number of hydrogen-bond acceptors (Lipinski definition) is 6. The summed E-state index contributed by atoms with van der Waals surface area (Å²) in [6, 6.07) is 8.91. The van der Waals surface area contributed by atoms with Crippen molar-refractivity contribution in [1.82, 2.24) is 9.88 Å². The van der Waals surface area contributed by atoms with E-state index in [0.717, 1.165) is 11.6 Å². The molecule has 2 aromatic rings. The maximum Gasteiger partial charge on any atom is 0.417 e. The zero-order valence-corrected chi connectivity index (χ0v) is 17.3. The van der Waals surface area contributed by atoms with Crippen molar-refractivity contribution in [3.8, 4) is 5.88 Å². The molecule has 0 saturated carbocycles. The Hall–Kier alpha value is -2.85. The average Bonchev–Trinajstić information content (AvgIpc) is 2.76. The first-order chi connectivity index (χ1) is 15.2. The van der Waals surface area contributed by atoms with Gasteiger partial charge in [-0.15, -0.1) is 0 Å². The summed E-state index contributed by atoms with van der Waals surface area (Å²) in [6.45, 7) is 0.355. The molecule has 0 spiro atoms. The standard InChI is InChI=1S/C22H23F3N2O5/c1-30-19-18(7-15(10-26-19)22(23,24)25)21(29)8-16-12-31-13-17(9-21)27(16)20(28)32-11-14-5-3-2-4-6-14/h2-7,10,16-17,29H,8-9,11-13H2,1H3. The van der Waals surface area contributed by atoms with E-state index in [-0.39, 0.29) is 44.1 Å². The van der Waals surface area contributed by atoms with Crippen molar-refractivity contribution in [2.45, 2.75) is 43.3 Å². The molecule has 1 amide bonds. The van der Waals surface area contributed by atoms with Crippen molar-refractivity contribution in [2.75, 3.05) is 20.3 Å². The van der Waals surface area contributed by atoms with Crippen molar-refractivity contribution >= 4 is 6.09 Å². The Labute approximate surface area is 182 Å². The molecular weight excluding hydrogens is 429 g/mol. The quantitative estimate of drug-likeness (QED) is 0.765. The highest BCUT2D eigenvalue weighted by Gasteiger charge is 2.51. The number of morpholine rings is 1. The summed E-state index contributed by atoms with van der Waals surface area (Å²) in [5, 5.41) is 11.4. The molecule has 2 aliphatic rings. The molecule has 172 valence electrons. The van der Waals surface area contributed by atoms with Gasteiger partial charge in [-0.3, -0.25) is 4.90 Å². The fourth-order valence-corrected chi connectivity index (χ4v) is 4.39. The highest BCUT2D eigenvalue weighted by atomic mass is 19.4. The molecule has 1 aromatic heterocycles. The van der Waals surface area contributed by atoms with Crippen LogP contribution in [0.2, 0.25) is 0 Å². The monoisotopic (exact) mass is 452 g/mol. The molecule has 10 heteroatoms. The number of rotatable bonds is 4. The number of benzene rings is 1. The third-order valence-corrected chi connectivity index (χ3v) is 5.84. The summed E-state index contributed by atoms with van der Waals surface area (Å²) < 4.78 is 55.9. The van der Waals surface area contributed by atoms with E-state index in [2.05, 4.69) is 4.98 Å². The lowest BCUT2D eigenvalue weighted by atomic mass is 9.77. The van der Waals surface area contributed by atoms with Crippen LogP contribution in [0.1, 0.15) is 29.5 Å². The largest absolute Gasteiger partial charge is 0.481 e. The Bertz CT molecular complexity index is 956. The molecule has 0 radical (unpaired) electrons. The van der Waals surface area contributed by atoms with E-state index in [9.17, 15) is 23.1 Å². The molecule has 32 heavy (non-hydrogen) atoms. The smallest absolute Gasteiger partial charge is 0.417 e. The third kappa shape index (κ3) is 4.37. The Morgan fingerprint density at radius 1 is 1.25 bits per heavy atom. The van der Waals surface area contributed by atoms with Gasteiger partial charge in [0, 0.05) is 24.6 Å².